The van der Waals surface area contributed by atoms with Crippen LogP contribution in [-0.2, 0) is 14.3 Å². The Bertz CT molecular complexity index is 836. The van der Waals surface area contributed by atoms with Crippen LogP contribution in [0.25, 0.3) is 0 Å². The number of carbonyl (C=O) groups is 2. The maximum Gasteiger partial charge on any atom is 0.309 e. The second kappa shape index (κ2) is 10.2. The summed E-state index contributed by atoms with van der Waals surface area (Å²) in [6.45, 7) is 5.33. The Balaban J connectivity index is 1.53. The Morgan fingerprint density at radius 1 is 1.14 bits per heavy atom. The number of thioether (sulfide) groups is 1. The molecule has 1 aliphatic rings. The zero-order valence-electron chi connectivity index (χ0n) is 16.7. The number of hydrogen-bond donors (Lipinski definition) is 0. The molecule has 1 aliphatic heterocycles. The van der Waals surface area contributed by atoms with Gasteiger partial charge in [-0.3, -0.25) is 9.59 Å². The molecule has 1 fully saturated rings. The number of esters is 1. The van der Waals surface area contributed by atoms with Crippen molar-refractivity contribution < 1.29 is 19.1 Å². The first-order chi connectivity index (χ1) is 14.1. The second-order valence-electron chi connectivity index (χ2n) is 6.78. The summed E-state index contributed by atoms with van der Waals surface area (Å²) >= 11 is 1.30. The third-order valence-corrected chi connectivity index (χ3v) is 5.61. The first-order valence-corrected chi connectivity index (χ1v) is 10.7. The fraction of sp³-hybridized carbons (Fsp3) is 0.429. The summed E-state index contributed by atoms with van der Waals surface area (Å²) in [5, 5.41) is 0.572. The largest absolute Gasteiger partial charge is 0.466 e. The number of amides is 1. The highest BCUT2D eigenvalue weighted by atomic mass is 32.2. The van der Waals surface area contributed by atoms with Gasteiger partial charge in [-0.05, 0) is 38.8 Å². The van der Waals surface area contributed by atoms with Gasteiger partial charge in [0.2, 0.25) is 5.91 Å². The van der Waals surface area contributed by atoms with Gasteiger partial charge in [-0.25, -0.2) is 9.97 Å². The molecule has 8 heteroatoms. The summed E-state index contributed by atoms with van der Waals surface area (Å²) in [5.41, 5.74) is 1.14. The van der Waals surface area contributed by atoms with Gasteiger partial charge in [0.15, 0.2) is 5.03 Å². The van der Waals surface area contributed by atoms with Gasteiger partial charge < -0.3 is 14.4 Å². The fourth-order valence-electron chi connectivity index (χ4n) is 3.05. The predicted octanol–water partition coefficient (Wildman–Crippen LogP) is 3.47. The van der Waals surface area contributed by atoms with Gasteiger partial charge in [0.05, 0.1) is 18.3 Å². The summed E-state index contributed by atoms with van der Waals surface area (Å²) in [6.07, 6.45) is 4.43. The molecular weight excluding hydrogens is 390 g/mol. The van der Waals surface area contributed by atoms with Gasteiger partial charge in [0.1, 0.15) is 5.75 Å². The SMILES string of the molecule is CCOC(=O)C1CCN(C(=O)CSc2nccnc2Oc2ccc(C)cc2)CC1. The molecule has 0 aliphatic carbocycles. The molecule has 2 heterocycles. The van der Waals surface area contributed by atoms with E-state index in [0.29, 0.717) is 49.2 Å². The molecule has 154 valence electrons. The molecule has 1 amide bonds. The van der Waals surface area contributed by atoms with Gasteiger partial charge in [-0.1, -0.05) is 29.5 Å². The summed E-state index contributed by atoms with van der Waals surface area (Å²) in [4.78, 5) is 34.8. The first kappa shape index (κ1) is 21.1. The number of rotatable bonds is 7. The van der Waals surface area contributed by atoms with Crippen LogP contribution in [0.15, 0.2) is 41.7 Å². The molecule has 0 N–H and O–H groups in total. The molecule has 2 aromatic rings. The minimum atomic E-state index is -0.161. The van der Waals surface area contributed by atoms with Gasteiger partial charge >= 0.3 is 5.97 Å². The smallest absolute Gasteiger partial charge is 0.309 e. The van der Waals surface area contributed by atoms with Gasteiger partial charge in [-0.15, -0.1) is 0 Å². The quantitative estimate of drug-likeness (QED) is 0.506. The number of likely N-dealkylation sites (tertiary alicyclic amines) is 1. The van der Waals surface area contributed by atoms with Crippen LogP contribution < -0.4 is 4.74 Å². The van der Waals surface area contributed by atoms with E-state index in [0.717, 1.165) is 5.56 Å². The number of aromatic nitrogens is 2. The van der Waals surface area contributed by atoms with Crippen molar-refractivity contribution in [1.29, 1.82) is 0 Å². The van der Waals surface area contributed by atoms with Crippen LogP contribution in [0.2, 0.25) is 0 Å². The number of piperidine rings is 1. The summed E-state index contributed by atoms with van der Waals surface area (Å²) in [5.74, 6) is 1.05. The lowest BCUT2D eigenvalue weighted by Crippen LogP contribution is -2.41. The van der Waals surface area contributed by atoms with Crippen LogP contribution in [-0.4, -0.2) is 52.2 Å². The Labute approximate surface area is 174 Å². The number of benzene rings is 1. The minimum absolute atomic E-state index is 0.0178. The zero-order valence-corrected chi connectivity index (χ0v) is 17.5. The maximum atomic E-state index is 12.6. The Morgan fingerprint density at radius 3 is 2.52 bits per heavy atom. The molecule has 0 radical (unpaired) electrons. The number of ether oxygens (including phenoxy) is 2. The van der Waals surface area contributed by atoms with Crippen molar-refractivity contribution in [3.8, 4) is 11.6 Å². The van der Waals surface area contributed by atoms with Crippen LogP contribution in [0.3, 0.4) is 0 Å². The van der Waals surface area contributed by atoms with E-state index < -0.39 is 0 Å². The second-order valence-corrected chi connectivity index (χ2v) is 7.74. The highest BCUT2D eigenvalue weighted by molar-refractivity contribution is 8.00. The van der Waals surface area contributed by atoms with E-state index in [4.69, 9.17) is 9.47 Å². The van der Waals surface area contributed by atoms with E-state index in [2.05, 4.69) is 9.97 Å². The van der Waals surface area contributed by atoms with Crippen molar-refractivity contribution in [3.05, 3.63) is 42.2 Å². The summed E-state index contributed by atoms with van der Waals surface area (Å²) in [6, 6.07) is 7.67. The number of carbonyl (C=O) groups excluding carboxylic acids is 2. The first-order valence-electron chi connectivity index (χ1n) is 9.69. The van der Waals surface area contributed by atoms with E-state index in [-0.39, 0.29) is 23.5 Å². The van der Waals surface area contributed by atoms with E-state index >= 15 is 0 Å². The standard InChI is InChI=1S/C21H25N3O4S/c1-3-27-21(26)16-8-12-24(13-9-16)18(25)14-29-20-19(22-10-11-23-20)28-17-6-4-15(2)5-7-17/h4-7,10-11,16H,3,8-9,12-14H2,1-2H3. The number of hydrogen-bond acceptors (Lipinski definition) is 7. The Hall–Kier alpha value is -2.61. The average Bonchev–Trinajstić information content (AvgIpc) is 2.75. The summed E-state index contributed by atoms with van der Waals surface area (Å²) < 4.78 is 10.9. The molecule has 1 saturated heterocycles. The van der Waals surface area contributed by atoms with E-state index in [1.54, 1.807) is 24.2 Å². The topological polar surface area (TPSA) is 81.6 Å². The van der Waals surface area contributed by atoms with Crippen molar-refractivity contribution >= 4 is 23.6 Å². The lowest BCUT2D eigenvalue weighted by molar-refractivity contribution is -0.151. The molecule has 7 nitrogen and oxygen atoms in total. The van der Waals surface area contributed by atoms with Gasteiger partial charge in [0.25, 0.3) is 5.88 Å². The van der Waals surface area contributed by atoms with Crippen LogP contribution >= 0.6 is 11.8 Å². The van der Waals surface area contributed by atoms with Gasteiger partial charge in [0, 0.05) is 25.5 Å². The van der Waals surface area contributed by atoms with E-state index in [1.807, 2.05) is 31.2 Å². The molecule has 0 bridgehead atoms. The molecule has 29 heavy (non-hydrogen) atoms. The van der Waals surface area contributed by atoms with Gasteiger partial charge in [-0.2, -0.15) is 0 Å². The lowest BCUT2D eigenvalue weighted by Gasteiger charge is -2.30. The molecule has 3 rings (SSSR count). The Kier molecular flexibility index (Phi) is 7.46. The normalized spacial score (nSPS) is 14.5. The van der Waals surface area contributed by atoms with Crippen molar-refractivity contribution in [1.82, 2.24) is 14.9 Å². The average molecular weight is 416 g/mol. The lowest BCUT2D eigenvalue weighted by atomic mass is 9.97. The molecule has 0 spiro atoms. The summed E-state index contributed by atoms with van der Waals surface area (Å²) in [7, 11) is 0. The predicted molar refractivity (Wildman–Crippen MR) is 110 cm³/mol. The minimum Gasteiger partial charge on any atom is -0.466 e. The molecule has 0 unspecified atom stereocenters. The van der Waals surface area contributed by atoms with Crippen LogP contribution in [0, 0.1) is 12.8 Å². The van der Waals surface area contributed by atoms with Crippen molar-refractivity contribution in [2.75, 3.05) is 25.4 Å². The molecule has 0 saturated carbocycles. The molecule has 1 aromatic carbocycles. The third kappa shape index (κ3) is 5.93. The van der Waals surface area contributed by atoms with Crippen LogP contribution in [0.1, 0.15) is 25.3 Å². The van der Waals surface area contributed by atoms with E-state index in [9.17, 15) is 9.59 Å². The molecule has 0 atom stereocenters. The van der Waals surface area contributed by atoms with Crippen molar-refractivity contribution in [3.63, 3.8) is 0 Å². The monoisotopic (exact) mass is 415 g/mol. The van der Waals surface area contributed by atoms with Crippen molar-refractivity contribution in [2.45, 2.75) is 31.7 Å². The highest BCUT2D eigenvalue weighted by Crippen LogP contribution is 2.29. The molecule has 1 aromatic heterocycles. The van der Waals surface area contributed by atoms with E-state index in [1.165, 1.54) is 11.8 Å². The Morgan fingerprint density at radius 2 is 1.83 bits per heavy atom. The maximum absolute atomic E-state index is 12.6. The highest BCUT2D eigenvalue weighted by Gasteiger charge is 2.28. The van der Waals surface area contributed by atoms with Crippen molar-refractivity contribution in [2.24, 2.45) is 5.92 Å². The third-order valence-electron chi connectivity index (χ3n) is 4.67. The van der Waals surface area contributed by atoms with Crippen LogP contribution in [0.5, 0.6) is 11.6 Å². The zero-order chi connectivity index (χ0) is 20.6. The number of nitrogens with zero attached hydrogens (tertiary/aromatic N) is 3. The molecular formula is C21H25N3O4S. The fourth-order valence-corrected chi connectivity index (χ4v) is 3.84. The number of aryl methyl sites for hydroxylation is 1. The van der Waals surface area contributed by atoms with Crippen LogP contribution in [0.4, 0.5) is 0 Å².